The number of amides is 1. The highest BCUT2D eigenvalue weighted by Gasteiger charge is 2.04. The third-order valence-corrected chi connectivity index (χ3v) is 4.21. The first-order valence-electron chi connectivity index (χ1n) is 7.55. The van der Waals surface area contributed by atoms with Gasteiger partial charge in [-0.2, -0.15) is 0 Å². The summed E-state index contributed by atoms with van der Waals surface area (Å²) in [5.74, 6) is -0.560. The van der Waals surface area contributed by atoms with Gasteiger partial charge >= 0.3 is 0 Å². The summed E-state index contributed by atoms with van der Waals surface area (Å²) in [7, 11) is 0. The minimum absolute atomic E-state index is 0.560. The third-order valence-electron chi connectivity index (χ3n) is 3.41. The van der Waals surface area contributed by atoms with E-state index >= 15 is 0 Å². The smallest absolute Gasteiger partial charge is 0.267 e. The number of hydroxylamine groups is 1. The number of hydrogen-bond donors (Lipinski definition) is 3. The van der Waals surface area contributed by atoms with E-state index in [4.69, 9.17) is 5.21 Å². The molecule has 1 aromatic carbocycles. The Hall–Kier alpha value is -3.03. The summed E-state index contributed by atoms with van der Waals surface area (Å²) in [4.78, 5) is 19.6. The van der Waals surface area contributed by atoms with Gasteiger partial charge in [-0.25, -0.2) is 10.5 Å². The fourth-order valence-electron chi connectivity index (χ4n) is 2.20. The molecule has 3 aromatic rings. The van der Waals surface area contributed by atoms with Gasteiger partial charge in [-0.15, -0.1) is 11.3 Å². The van der Waals surface area contributed by atoms with Gasteiger partial charge < -0.3 is 5.32 Å². The Kier molecular flexibility index (Phi) is 5.50. The van der Waals surface area contributed by atoms with Crippen LogP contribution in [-0.4, -0.2) is 21.1 Å². The van der Waals surface area contributed by atoms with E-state index in [0.717, 1.165) is 27.5 Å². The minimum atomic E-state index is -0.560. The molecule has 3 N–H and O–H groups in total. The molecule has 126 valence electrons. The zero-order valence-electron chi connectivity index (χ0n) is 13.2. The molecule has 7 heteroatoms. The molecule has 0 saturated carbocycles. The Balaban J connectivity index is 1.63. The van der Waals surface area contributed by atoms with Crippen LogP contribution >= 0.6 is 11.3 Å². The standard InChI is InChI=1S/C18H16N4O2S/c23-17(22-24)5-4-13-2-1-3-14(10-13)11-20-18-21-16(12-25-18)15-6-8-19-9-7-15/h1-10,12,24H,11H2,(H,20,21)(H,22,23)/b5-4+. The van der Waals surface area contributed by atoms with Crippen LogP contribution in [-0.2, 0) is 11.3 Å². The highest BCUT2D eigenvalue weighted by Crippen LogP contribution is 2.24. The molecule has 0 fully saturated rings. The van der Waals surface area contributed by atoms with Crippen LogP contribution in [0.15, 0.2) is 60.2 Å². The molecule has 0 radical (unpaired) electrons. The zero-order chi connectivity index (χ0) is 17.5. The molecule has 0 saturated heterocycles. The molecule has 25 heavy (non-hydrogen) atoms. The van der Waals surface area contributed by atoms with E-state index in [1.807, 2.05) is 41.8 Å². The van der Waals surface area contributed by atoms with Crippen molar-refractivity contribution in [3.05, 3.63) is 71.4 Å². The SMILES string of the molecule is O=C(/C=C/c1cccc(CNc2nc(-c3ccncc3)cs2)c1)NO. The quantitative estimate of drug-likeness (QED) is 0.360. The molecule has 0 unspecified atom stereocenters. The predicted molar refractivity (Wildman–Crippen MR) is 98.1 cm³/mol. The van der Waals surface area contributed by atoms with Gasteiger partial charge in [-0.3, -0.25) is 15.0 Å². The average molecular weight is 352 g/mol. The number of pyridine rings is 1. The summed E-state index contributed by atoms with van der Waals surface area (Å²) in [6.45, 7) is 0.622. The first-order chi connectivity index (χ1) is 12.2. The highest BCUT2D eigenvalue weighted by atomic mass is 32.1. The lowest BCUT2D eigenvalue weighted by molar-refractivity contribution is -0.124. The molecule has 0 aliphatic rings. The maximum atomic E-state index is 11.0. The Morgan fingerprint density at radius 3 is 2.88 bits per heavy atom. The number of carbonyl (C=O) groups excluding carboxylic acids is 1. The van der Waals surface area contributed by atoms with Crippen molar-refractivity contribution in [3.63, 3.8) is 0 Å². The van der Waals surface area contributed by atoms with Crippen molar-refractivity contribution < 1.29 is 10.0 Å². The van der Waals surface area contributed by atoms with Crippen LogP contribution in [0.4, 0.5) is 5.13 Å². The van der Waals surface area contributed by atoms with Crippen LogP contribution in [0.25, 0.3) is 17.3 Å². The Morgan fingerprint density at radius 1 is 1.24 bits per heavy atom. The van der Waals surface area contributed by atoms with Crippen molar-refractivity contribution in [1.29, 1.82) is 0 Å². The van der Waals surface area contributed by atoms with Crippen molar-refractivity contribution in [2.45, 2.75) is 6.54 Å². The van der Waals surface area contributed by atoms with E-state index in [0.29, 0.717) is 6.54 Å². The first-order valence-corrected chi connectivity index (χ1v) is 8.43. The van der Waals surface area contributed by atoms with Crippen LogP contribution in [0, 0.1) is 0 Å². The average Bonchev–Trinajstić information content (AvgIpc) is 3.14. The summed E-state index contributed by atoms with van der Waals surface area (Å²) in [5.41, 5.74) is 5.45. The van der Waals surface area contributed by atoms with Crippen LogP contribution in [0.3, 0.4) is 0 Å². The van der Waals surface area contributed by atoms with Gasteiger partial charge in [0.1, 0.15) is 0 Å². The van der Waals surface area contributed by atoms with Crippen molar-refractivity contribution >= 4 is 28.5 Å². The number of benzene rings is 1. The predicted octanol–water partition coefficient (Wildman–Crippen LogP) is 3.34. The van der Waals surface area contributed by atoms with Crippen LogP contribution in [0.2, 0.25) is 0 Å². The third kappa shape index (κ3) is 4.72. The van der Waals surface area contributed by atoms with E-state index < -0.39 is 5.91 Å². The Labute approximate surface area is 148 Å². The minimum Gasteiger partial charge on any atom is -0.357 e. The van der Waals surface area contributed by atoms with Crippen molar-refractivity contribution in [2.75, 3.05) is 5.32 Å². The van der Waals surface area contributed by atoms with E-state index in [-0.39, 0.29) is 0 Å². The fraction of sp³-hybridized carbons (Fsp3) is 0.0556. The van der Waals surface area contributed by atoms with Gasteiger partial charge in [-0.05, 0) is 35.4 Å². The first kappa shape index (κ1) is 16.8. The van der Waals surface area contributed by atoms with E-state index in [1.54, 1.807) is 35.3 Å². The number of nitrogens with zero attached hydrogens (tertiary/aromatic N) is 2. The second kappa shape index (κ2) is 8.18. The molecule has 2 aromatic heterocycles. The van der Waals surface area contributed by atoms with Gasteiger partial charge in [0.2, 0.25) is 0 Å². The zero-order valence-corrected chi connectivity index (χ0v) is 14.0. The highest BCUT2D eigenvalue weighted by molar-refractivity contribution is 7.14. The number of aromatic nitrogens is 2. The second-order valence-electron chi connectivity index (χ2n) is 5.18. The van der Waals surface area contributed by atoms with Crippen LogP contribution < -0.4 is 10.8 Å². The second-order valence-corrected chi connectivity index (χ2v) is 6.04. The van der Waals surface area contributed by atoms with E-state index in [1.165, 1.54) is 6.08 Å². The fourth-order valence-corrected chi connectivity index (χ4v) is 2.92. The summed E-state index contributed by atoms with van der Waals surface area (Å²) < 4.78 is 0. The summed E-state index contributed by atoms with van der Waals surface area (Å²) in [6, 6.07) is 11.6. The molecule has 0 aliphatic carbocycles. The Bertz CT molecular complexity index is 878. The van der Waals surface area contributed by atoms with Gasteiger partial charge in [-0.1, -0.05) is 18.2 Å². The van der Waals surface area contributed by atoms with Crippen LogP contribution in [0.5, 0.6) is 0 Å². The molecule has 0 bridgehead atoms. The Morgan fingerprint density at radius 2 is 2.08 bits per heavy atom. The van der Waals surface area contributed by atoms with Gasteiger partial charge in [0.15, 0.2) is 5.13 Å². The molecule has 0 spiro atoms. The molecule has 6 nitrogen and oxygen atoms in total. The number of thiazole rings is 1. The summed E-state index contributed by atoms with van der Waals surface area (Å²) >= 11 is 1.55. The van der Waals surface area contributed by atoms with Crippen molar-refractivity contribution in [3.8, 4) is 11.3 Å². The van der Waals surface area contributed by atoms with Crippen LogP contribution in [0.1, 0.15) is 11.1 Å². The molecule has 1 amide bonds. The maximum Gasteiger partial charge on any atom is 0.267 e. The summed E-state index contributed by atoms with van der Waals surface area (Å²) in [6.07, 6.45) is 6.41. The molecular formula is C18H16N4O2S. The molecular weight excluding hydrogens is 336 g/mol. The molecule has 3 rings (SSSR count). The topological polar surface area (TPSA) is 87.1 Å². The molecule has 2 heterocycles. The van der Waals surface area contributed by atoms with Gasteiger partial charge in [0, 0.05) is 36.0 Å². The largest absolute Gasteiger partial charge is 0.357 e. The lowest BCUT2D eigenvalue weighted by atomic mass is 10.1. The van der Waals surface area contributed by atoms with Gasteiger partial charge in [0.25, 0.3) is 5.91 Å². The maximum absolute atomic E-state index is 11.0. The lowest BCUT2D eigenvalue weighted by Crippen LogP contribution is -2.14. The monoisotopic (exact) mass is 352 g/mol. The summed E-state index contributed by atoms with van der Waals surface area (Å²) in [5, 5.41) is 14.6. The van der Waals surface area contributed by atoms with E-state index in [2.05, 4.69) is 15.3 Å². The molecule has 0 atom stereocenters. The van der Waals surface area contributed by atoms with Crippen molar-refractivity contribution in [1.82, 2.24) is 15.4 Å². The molecule has 0 aliphatic heterocycles. The lowest BCUT2D eigenvalue weighted by Gasteiger charge is -2.04. The number of anilines is 1. The van der Waals surface area contributed by atoms with E-state index in [9.17, 15) is 4.79 Å². The number of hydrogen-bond acceptors (Lipinski definition) is 6. The van der Waals surface area contributed by atoms with Crippen molar-refractivity contribution in [2.24, 2.45) is 0 Å². The number of carbonyl (C=O) groups is 1. The number of nitrogens with one attached hydrogen (secondary N) is 2. The normalized spacial score (nSPS) is 10.8. The number of rotatable bonds is 6. The van der Waals surface area contributed by atoms with Gasteiger partial charge in [0.05, 0.1) is 5.69 Å².